The van der Waals surface area contributed by atoms with Gasteiger partial charge in [-0.05, 0) is 44.0 Å². The van der Waals surface area contributed by atoms with E-state index in [4.69, 9.17) is 11.6 Å². The summed E-state index contributed by atoms with van der Waals surface area (Å²) in [6.07, 6.45) is 3.44. The minimum Gasteiger partial charge on any atom is -0.316 e. The van der Waals surface area contributed by atoms with Crippen molar-refractivity contribution in [2.24, 2.45) is 5.92 Å². The second-order valence-electron chi connectivity index (χ2n) is 4.57. The lowest BCUT2D eigenvalue weighted by Crippen LogP contribution is -2.31. The number of pyridine rings is 1. The van der Waals surface area contributed by atoms with Gasteiger partial charge in [-0.3, -0.25) is 4.40 Å². The van der Waals surface area contributed by atoms with E-state index in [1.807, 2.05) is 22.6 Å². The van der Waals surface area contributed by atoms with Crippen LogP contribution in [0.4, 0.5) is 0 Å². The van der Waals surface area contributed by atoms with Gasteiger partial charge in [0.15, 0.2) is 5.65 Å². The molecule has 0 radical (unpaired) electrons. The lowest BCUT2D eigenvalue weighted by Gasteiger charge is -2.21. The first-order valence-corrected chi connectivity index (χ1v) is 6.41. The molecule has 0 aliphatic carbocycles. The lowest BCUT2D eigenvalue weighted by molar-refractivity contribution is 0.370. The SMILES string of the molecule is Clc1cccc2nnc(CC3CCCNC3)n12. The van der Waals surface area contributed by atoms with E-state index >= 15 is 0 Å². The fraction of sp³-hybridized carbons (Fsp3) is 0.500. The summed E-state index contributed by atoms with van der Waals surface area (Å²) in [6, 6.07) is 5.71. The molecule has 0 saturated carbocycles. The van der Waals surface area contributed by atoms with E-state index in [9.17, 15) is 0 Å². The molecule has 2 aromatic heterocycles. The third kappa shape index (κ3) is 2.15. The molecule has 0 spiro atoms. The van der Waals surface area contributed by atoms with Crippen molar-refractivity contribution in [2.45, 2.75) is 19.3 Å². The Labute approximate surface area is 105 Å². The van der Waals surface area contributed by atoms with Gasteiger partial charge in [-0.2, -0.15) is 0 Å². The number of nitrogens with one attached hydrogen (secondary N) is 1. The summed E-state index contributed by atoms with van der Waals surface area (Å²) in [5, 5.41) is 12.5. The molecule has 5 heteroatoms. The van der Waals surface area contributed by atoms with E-state index in [2.05, 4.69) is 15.5 Å². The van der Waals surface area contributed by atoms with Crippen LogP contribution in [0.15, 0.2) is 18.2 Å². The Morgan fingerprint density at radius 3 is 3.18 bits per heavy atom. The van der Waals surface area contributed by atoms with Crippen molar-refractivity contribution >= 4 is 17.2 Å². The summed E-state index contributed by atoms with van der Waals surface area (Å²) >= 11 is 6.19. The summed E-state index contributed by atoms with van der Waals surface area (Å²) in [5.41, 5.74) is 0.830. The van der Waals surface area contributed by atoms with Crippen LogP contribution < -0.4 is 5.32 Å². The van der Waals surface area contributed by atoms with Gasteiger partial charge in [-0.1, -0.05) is 17.7 Å². The molecule has 1 N–H and O–H groups in total. The van der Waals surface area contributed by atoms with E-state index in [-0.39, 0.29) is 0 Å². The Morgan fingerprint density at radius 1 is 1.41 bits per heavy atom. The quantitative estimate of drug-likeness (QED) is 0.829. The fourth-order valence-electron chi connectivity index (χ4n) is 2.45. The Hall–Kier alpha value is -1.13. The van der Waals surface area contributed by atoms with Crippen molar-refractivity contribution < 1.29 is 0 Å². The molecule has 2 aromatic rings. The van der Waals surface area contributed by atoms with Crippen molar-refractivity contribution in [3.05, 3.63) is 29.2 Å². The van der Waals surface area contributed by atoms with E-state index in [0.717, 1.165) is 31.0 Å². The van der Waals surface area contributed by atoms with Crippen molar-refractivity contribution in [1.29, 1.82) is 0 Å². The molecule has 90 valence electrons. The average Bonchev–Trinajstić information content (AvgIpc) is 2.75. The maximum absolute atomic E-state index is 6.19. The van der Waals surface area contributed by atoms with Crippen LogP contribution in [0, 0.1) is 5.92 Å². The number of nitrogens with zero attached hydrogens (tertiary/aromatic N) is 3. The van der Waals surface area contributed by atoms with Crippen LogP contribution in [0.25, 0.3) is 5.65 Å². The predicted octanol–water partition coefficient (Wildman–Crippen LogP) is 1.92. The summed E-state index contributed by atoms with van der Waals surface area (Å²) in [4.78, 5) is 0. The summed E-state index contributed by atoms with van der Waals surface area (Å²) < 4.78 is 1.94. The molecule has 1 saturated heterocycles. The Balaban J connectivity index is 1.89. The monoisotopic (exact) mass is 250 g/mol. The molecule has 0 aromatic carbocycles. The zero-order valence-electron chi connectivity index (χ0n) is 9.56. The van der Waals surface area contributed by atoms with Gasteiger partial charge in [0.1, 0.15) is 11.0 Å². The van der Waals surface area contributed by atoms with Crippen LogP contribution in [0.5, 0.6) is 0 Å². The van der Waals surface area contributed by atoms with Gasteiger partial charge in [0.05, 0.1) is 0 Å². The predicted molar refractivity (Wildman–Crippen MR) is 67.3 cm³/mol. The maximum Gasteiger partial charge on any atom is 0.161 e. The highest BCUT2D eigenvalue weighted by Crippen LogP contribution is 2.19. The van der Waals surface area contributed by atoms with Crippen molar-refractivity contribution in [3.8, 4) is 0 Å². The zero-order chi connectivity index (χ0) is 11.7. The molecule has 1 aliphatic rings. The van der Waals surface area contributed by atoms with Crippen molar-refractivity contribution in [3.63, 3.8) is 0 Å². The molecule has 0 amide bonds. The van der Waals surface area contributed by atoms with Crippen LogP contribution in [-0.4, -0.2) is 27.7 Å². The summed E-state index contributed by atoms with van der Waals surface area (Å²) in [6.45, 7) is 2.21. The Morgan fingerprint density at radius 2 is 2.35 bits per heavy atom. The van der Waals surface area contributed by atoms with E-state index in [0.29, 0.717) is 11.1 Å². The number of aromatic nitrogens is 3. The molecule has 1 unspecified atom stereocenters. The fourth-order valence-corrected chi connectivity index (χ4v) is 2.70. The number of rotatable bonds is 2. The normalized spacial score (nSPS) is 20.9. The van der Waals surface area contributed by atoms with E-state index in [1.165, 1.54) is 12.8 Å². The van der Waals surface area contributed by atoms with E-state index < -0.39 is 0 Å². The summed E-state index contributed by atoms with van der Waals surface area (Å²) in [7, 11) is 0. The van der Waals surface area contributed by atoms with E-state index in [1.54, 1.807) is 0 Å². The average molecular weight is 251 g/mol. The van der Waals surface area contributed by atoms with Crippen LogP contribution >= 0.6 is 11.6 Å². The number of hydrogen-bond donors (Lipinski definition) is 1. The molecule has 17 heavy (non-hydrogen) atoms. The third-order valence-corrected chi connectivity index (χ3v) is 3.61. The third-order valence-electron chi connectivity index (χ3n) is 3.32. The maximum atomic E-state index is 6.19. The summed E-state index contributed by atoms with van der Waals surface area (Å²) in [5.74, 6) is 1.62. The highest BCUT2D eigenvalue weighted by molar-refractivity contribution is 6.29. The number of hydrogen-bond acceptors (Lipinski definition) is 3. The van der Waals surface area contributed by atoms with Gasteiger partial charge in [0.25, 0.3) is 0 Å². The molecule has 1 atom stereocenters. The first-order valence-electron chi connectivity index (χ1n) is 6.04. The van der Waals surface area contributed by atoms with Crippen LogP contribution in [-0.2, 0) is 6.42 Å². The molecular formula is C12H15ClN4. The Bertz CT molecular complexity index is 516. The van der Waals surface area contributed by atoms with Crippen LogP contribution in [0.1, 0.15) is 18.7 Å². The van der Waals surface area contributed by atoms with Gasteiger partial charge in [0, 0.05) is 6.42 Å². The molecular weight excluding hydrogens is 236 g/mol. The standard InChI is InChI=1S/C12H15ClN4/c13-10-4-1-5-11-15-16-12(17(10)11)7-9-3-2-6-14-8-9/h1,4-5,9,14H,2-3,6-8H2. The minimum absolute atomic E-state index is 0.646. The second-order valence-corrected chi connectivity index (χ2v) is 4.96. The second kappa shape index (κ2) is 4.63. The zero-order valence-corrected chi connectivity index (χ0v) is 10.3. The van der Waals surface area contributed by atoms with Gasteiger partial charge < -0.3 is 5.32 Å². The largest absolute Gasteiger partial charge is 0.316 e. The molecule has 1 fully saturated rings. The molecule has 4 nitrogen and oxygen atoms in total. The molecule has 0 bridgehead atoms. The van der Waals surface area contributed by atoms with Crippen LogP contribution in [0.3, 0.4) is 0 Å². The molecule has 1 aliphatic heterocycles. The first kappa shape index (κ1) is 11.0. The van der Waals surface area contributed by atoms with Crippen molar-refractivity contribution in [1.82, 2.24) is 19.9 Å². The van der Waals surface area contributed by atoms with Crippen molar-refractivity contribution in [2.75, 3.05) is 13.1 Å². The van der Waals surface area contributed by atoms with Crippen LogP contribution in [0.2, 0.25) is 5.15 Å². The highest BCUT2D eigenvalue weighted by atomic mass is 35.5. The molecule has 3 heterocycles. The first-order chi connectivity index (χ1) is 8.34. The van der Waals surface area contributed by atoms with Gasteiger partial charge in [-0.15, -0.1) is 10.2 Å². The number of halogens is 1. The van der Waals surface area contributed by atoms with Gasteiger partial charge in [-0.25, -0.2) is 0 Å². The minimum atomic E-state index is 0.646. The molecule has 3 rings (SSSR count). The Kier molecular flexibility index (Phi) is 2.99. The number of piperidine rings is 1. The van der Waals surface area contributed by atoms with Gasteiger partial charge in [0.2, 0.25) is 0 Å². The van der Waals surface area contributed by atoms with Gasteiger partial charge >= 0.3 is 0 Å². The topological polar surface area (TPSA) is 42.2 Å². The number of fused-ring (bicyclic) bond motifs is 1. The highest BCUT2D eigenvalue weighted by Gasteiger charge is 2.17. The lowest BCUT2D eigenvalue weighted by atomic mass is 9.96. The smallest absolute Gasteiger partial charge is 0.161 e.